The third-order valence-electron chi connectivity index (χ3n) is 7.02. The van der Waals surface area contributed by atoms with Crippen LogP contribution in [0, 0.1) is 0 Å². The van der Waals surface area contributed by atoms with Crippen molar-refractivity contribution in [2.24, 2.45) is 0 Å². The summed E-state index contributed by atoms with van der Waals surface area (Å²) in [4.78, 5) is 43.0. The van der Waals surface area contributed by atoms with E-state index in [-0.39, 0.29) is 35.7 Å². The van der Waals surface area contributed by atoms with Gasteiger partial charge in [0.25, 0.3) is 5.91 Å². The van der Waals surface area contributed by atoms with Gasteiger partial charge in [-0.2, -0.15) is 0 Å². The maximum Gasteiger partial charge on any atom is 0.329 e. The van der Waals surface area contributed by atoms with Crippen LogP contribution in [0.25, 0.3) is 10.9 Å². The van der Waals surface area contributed by atoms with E-state index in [1.165, 1.54) is 17.9 Å². The number of aromatic hydroxyl groups is 1. The fraction of sp³-hybridized carbons (Fsp3) is 0.407. The Bertz CT molecular complexity index is 1330. The zero-order valence-corrected chi connectivity index (χ0v) is 20.7. The maximum atomic E-state index is 14.2. The first-order valence-corrected chi connectivity index (χ1v) is 11.9. The number of allylic oxidation sites excluding steroid dienone is 3. The molecule has 0 bridgehead atoms. The SMILES string of the molecule is C=C(/C=C\C(C)(F)CC)Cc1cnc2c(O)c3c(c(CC(=O)NC4(C(=O)O)CC4)c2c1)CN(C)C3=O. The fourth-order valence-electron chi connectivity index (χ4n) is 4.42. The number of phenols is 1. The molecule has 1 saturated carbocycles. The summed E-state index contributed by atoms with van der Waals surface area (Å²) in [6, 6.07) is 1.78. The number of alkyl halides is 1. The number of carbonyl (C=O) groups excluding carboxylic acids is 2. The molecule has 3 N–H and O–H groups in total. The lowest BCUT2D eigenvalue weighted by molar-refractivity contribution is -0.143. The number of nitrogens with zero attached hydrogens (tertiary/aromatic N) is 2. The van der Waals surface area contributed by atoms with Gasteiger partial charge in [-0.25, -0.2) is 9.18 Å². The van der Waals surface area contributed by atoms with E-state index in [1.807, 2.05) is 0 Å². The number of benzene rings is 1. The molecule has 1 aromatic heterocycles. The molecule has 2 amide bonds. The van der Waals surface area contributed by atoms with Crippen molar-refractivity contribution in [2.45, 2.75) is 63.7 Å². The van der Waals surface area contributed by atoms with E-state index in [2.05, 4.69) is 16.9 Å². The number of rotatable bonds is 9. The van der Waals surface area contributed by atoms with Gasteiger partial charge in [-0.15, -0.1) is 0 Å². The number of amides is 2. The number of aromatic nitrogens is 1. The van der Waals surface area contributed by atoms with Crippen molar-refractivity contribution in [3.63, 3.8) is 0 Å². The average molecular weight is 496 g/mol. The quantitative estimate of drug-likeness (QED) is 0.458. The lowest BCUT2D eigenvalue weighted by Gasteiger charge is -2.17. The number of carbonyl (C=O) groups is 3. The summed E-state index contributed by atoms with van der Waals surface area (Å²) in [5.74, 6) is -2.17. The van der Waals surface area contributed by atoms with Crippen LogP contribution in [0.15, 0.2) is 36.6 Å². The van der Waals surface area contributed by atoms with Gasteiger partial charge in [0.15, 0.2) is 5.75 Å². The first-order chi connectivity index (χ1) is 16.9. The molecule has 8 nitrogen and oxygen atoms in total. The molecular weight excluding hydrogens is 465 g/mol. The highest BCUT2D eigenvalue weighted by molar-refractivity contribution is 6.08. The second kappa shape index (κ2) is 9.04. The van der Waals surface area contributed by atoms with E-state index in [4.69, 9.17) is 0 Å². The van der Waals surface area contributed by atoms with Crippen molar-refractivity contribution in [1.82, 2.24) is 15.2 Å². The number of fused-ring (bicyclic) bond motifs is 2. The van der Waals surface area contributed by atoms with Crippen LogP contribution in [0.5, 0.6) is 5.75 Å². The molecule has 0 saturated heterocycles. The van der Waals surface area contributed by atoms with Crippen molar-refractivity contribution in [2.75, 3.05) is 7.05 Å². The van der Waals surface area contributed by atoms with Crippen molar-refractivity contribution in [3.8, 4) is 5.75 Å². The fourth-order valence-corrected chi connectivity index (χ4v) is 4.42. The highest BCUT2D eigenvalue weighted by Gasteiger charge is 2.51. The van der Waals surface area contributed by atoms with Crippen molar-refractivity contribution >= 4 is 28.7 Å². The van der Waals surface area contributed by atoms with Crippen LogP contribution in [0.2, 0.25) is 0 Å². The molecule has 2 aliphatic rings. The first kappa shape index (κ1) is 25.3. The molecule has 4 rings (SSSR count). The van der Waals surface area contributed by atoms with Crippen molar-refractivity contribution in [1.29, 1.82) is 0 Å². The monoisotopic (exact) mass is 495 g/mol. The Morgan fingerprint density at radius 1 is 1.36 bits per heavy atom. The summed E-state index contributed by atoms with van der Waals surface area (Å²) in [6.45, 7) is 7.45. The smallest absolute Gasteiger partial charge is 0.329 e. The van der Waals surface area contributed by atoms with Gasteiger partial charge in [0.2, 0.25) is 5.91 Å². The van der Waals surface area contributed by atoms with E-state index in [0.29, 0.717) is 47.8 Å². The second-order valence-corrected chi connectivity index (χ2v) is 9.99. The molecule has 1 unspecified atom stereocenters. The van der Waals surface area contributed by atoms with Gasteiger partial charge < -0.3 is 20.4 Å². The summed E-state index contributed by atoms with van der Waals surface area (Å²) in [5.41, 5.74) is 0.0563. The molecule has 0 spiro atoms. The number of hydrogen-bond acceptors (Lipinski definition) is 5. The van der Waals surface area contributed by atoms with Gasteiger partial charge in [0, 0.05) is 25.2 Å². The number of nitrogens with one attached hydrogen (secondary N) is 1. The lowest BCUT2D eigenvalue weighted by Crippen LogP contribution is -2.43. The molecule has 1 aliphatic carbocycles. The average Bonchev–Trinajstić information content (AvgIpc) is 3.54. The predicted molar refractivity (Wildman–Crippen MR) is 132 cm³/mol. The maximum absolute atomic E-state index is 14.2. The Balaban J connectivity index is 1.73. The van der Waals surface area contributed by atoms with Crippen molar-refractivity contribution < 1.29 is 29.0 Å². The van der Waals surface area contributed by atoms with Crippen LogP contribution in [0.1, 0.15) is 60.2 Å². The van der Waals surface area contributed by atoms with Gasteiger partial charge in [0.05, 0.1) is 12.0 Å². The minimum atomic E-state index is -1.44. The van der Waals surface area contributed by atoms with Crippen LogP contribution in [0.4, 0.5) is 4.39 Å². The van der Waals surface area contributed by atoms with Crippen LogP contribution in [0.3, 0.4) is 0 Å². The number of pyridine rings is 1. The zero-order chi connectivity index (χ0) is 26.4. The van der Waals surface area contributed by atoms with Crippen LogP contribution < -0.4 is 5.32 Å². The Morgan fingerprint density at radius 2 is 2.06 bits per heavy atom. The minimum Gasteiger partial charge on any atom is -0.505 e. The van der Waals surface area contributed by atoms with E-state index in [1.54, 1.807) is 32.3 Å². The highest BCUT2D eigenvalue weighted by Crippen LogP contribution is 2.40. The molecule has 0 radical (unpaired) electrons. The molecule has 1 atom stereocenters. The number of hydrogen-bond donors (Lipinski definition) is 3. The topological polar surface area (TPSA) is 120 Å². The Morgan fingerprint density at radius 3 is 2.67 bits per heavy atom. The van der Waals surface area contributed by atoms with E-state index in [0.717, 1.165) is 5.56 Å². The van der Waals surface area contributed by atoms with Crippen LogP contribution in [-0.2, 0) is 29.0 Å². The molecular formula is C27H30FN3O5. The van der Waals surface area contributed by atoms with E-state index < -0.39 is 23.1 Å². The highest BCUT2D eigenvalue weighted by atomic mass is 19.1. The molecule has 1 aromatic carbocycles. The van der Waals surface area contributed by atoms with E-state index >= 15 is 0 Å². The predicted octanol–water partition coefficient (Wildman–Crippen LogP) is 3.60. The second-order valence-electron chi connectivity index (χ2n) is 9.99. The molecule has 2 aromatic rings. The van der Waals surface area contributed by atoms with Crippen molar-refractivity contribution in [3.05, 3.63) is 58.8 Å². The summed E-state index contributed by atoms with van der Waals surface area (Å²) in [6.07, 6.45) is 5.91. The van der Waals surface area contributed by atoms with Gasteiger partial charge in [0.1, 0.15) is 16.7 Å². The Hall–Kier alpha value is -3.75. The minimum absolute atomic E-state index is 0.113. The van der Waals surface area contributed by atoms with Crippen LogP contribution >= 0.6 is 0 Å². The third-order valence-corrected chi connectivity index (χ3v) is 7.02. The molecule has 9 heteroatoms. The normalized spacial score (nSPS) is 17.8. The molecule has 1 aliphatic heterocycles. The summed E-state index contributed by atoms with van der Waals surface area (Å²) in [7, 11) is 1.60. The lowest BCUT2D eigenvalue weighted by atomic mass is 9.92. The zero-order valence-electron chi connectivity index (χ0n) is 20.7. The van der Waals surface area contributed by atoms with Gasteiger partial charge in [-0.1, -0.05) is 25.2 Å². The summed E-state index contributed by atoms with van der Waals surface area (Å²) in [5, 5.41) is 23.5. The largest absolute Gasteiger partial charge is 0.505 e. The molecule has 190 valence electrons. The molecule has 2 heterocycles. The van der Waals surface area contributed by atoms with Gasteiger partial charge in [-0.3, -0.25) is 14.6 Å². The summed E-state index contributed by atoms with van der Waals surface area (Å²) >= 11 is 0. The van der Waals surface area contributed by atoms with Gasteiger partial charge in [-0.05, 0) is 61.4 Å². The Labute approximate surface area is 208 Å². The summed E-state index contributed by atoms with van der Waals surface area (Å²) < 4.78 is 14.2. The standard InChI is InChI=1S/C27H30FN3O5/c1-5-26(3,28)7-6-15(2)10-16-11-18-17(12-20(32)30-27(8-9-27)25(35)36)19-14-31(4)24(34)21(19)23(33)22(18)29-13-16/h6-7,11,13,33H,2,5,8-10,12,14H2,1,3-4H3,(H,30,32)(H,35,36)/b7-6-. The first-order valence-electron chi connectivity index (χ1n) is 11.9. The van der Waals surface area contributed by atoms with Gasteiger partial charge >= 0.3 is 5.97 Å². The Kier molecular flexibility index (Phi) is 6.36. The molecule has 36 heavy (non-hydrogen) atoms. The van der Waals surface area contributed by atoms with Crippen LogP contribution in [-0.4, -0.2) is 56.1 Å². The molecule has 1 fully saturated rings. The number of halogens is 1. The van der Waals surface area contributed by atoms with E-state index in [9.17, 15) is 29.0 Å². The number of carboxylic acids is 1. The number of aliphatic carboxylic acids is 1. The number of carboxylic acid groups (broad SMARTS) is 1. The number of phenolic OH excluding ortho intramolecular Hbond substituents is 1. The third kappa shape index (κ3) is 4.69.